The van der Waals surface area contributed by atoms with Gasteiger partial charge in [0.1, 0.15) is 5.75 Å². The lowest BCUT2D eigenvalue weighted by molar-refractivity contribution is -0.123. The van der Waals surface area contributed by atoms with Crippen molar-refractivity contribution in [1.82, 2.24) is 5.32 Å². The van der Waals surface area contributed by atoms with E-state index in [-0.39, 0.29) is 34.2 Å². The molecule has 0 aliphatic heterocycles. The molecule has 0 fully saturated rings. The van der Waals surface area contributed by atoms with Crippen molar-refractivity contribution in [1.29, 1.82) is 0 Å². The van der Waals surface area contributed by atoms with Gasteiger partial charge in [-0.3, -0.25) is 9.52 Å². The summed E-state index contributed by atoms with van der Waals surface area (Å²) in [7, 11) is -3.81. The number of sulfonamides is 1. The Morgan fingerprint density at radius 1 is 1.06 bits per heavy atom. The van der Waals surface area contributed by atoms with Crippen LogP contribution in [0.4, 0.5) is 5.69 Å². The highest BCUT2D eigenvalue weighted by atomic mass is 79.9. The predicted molar refractivity (Wildman–Crippen MR) is 125 cm³/mol. The van der Waals surface area contributed by atoms with Crippen LogP contribution in [0.1, 0.15) is 18.5 Å². The number of para-hydroxylation sites is 1. The van der Waals surface area contributed by atoms with E-state index in [2.05, 4.69) is 26.0 Å². The summed E-state index contributed by atoms with van der Waals surface area (Å²) in [4.78, 5) is 12.2. The van der Waals surface area contributed by atoms with Crippen LogP contribution in [0, 0.1) is 0 Å². The molecule has 9 heteroatoms. The van der Waals surface area contributed by atoms with Crippen molar-refractivity contribution in [2.45, 2.75) is 17.9 Å². The second-order valence-electron chi connectivity index (χ2n) is 6.69. The first-order valence-corrected chi connectivity index (χ1v) is 11.9. The minimum absolute atomic E-state index is 0.0120. The monoisotopic (exact) mass is 522 g/mol. The molecule has 0 heterocycles. The fraction of sp³-hybridized carbons (Fsp3) is 0.136. The average Bonchev–Trinajstić information content (AvgIpc) is 2.73. The van der Waals surface area contributed by atoms with Crippen molar-refractivity contribution in [2.24, 2.45) is 0 Å². The normalized spacial score (nSPS) is 12.1. The van der Waals surface area contributed by atoms with Gasteiger partial charge in [-0.2, -0.15) is 0 Å². The number of amides is 1. The van der Waals surface area contributed by atoms with Gasteiger partial charge in [-0.05, 0) is 55.0 Å². The molecule has 162 valence electrons. The summed E-state index contributed by atoms with van der Waals surface area (Å²) in [5.41, 5.74) is 1.39. The molecule has 3 aromatic carbocycles. The zero-order valence-electron chi connectivity index (χ0n) is 16.5. The zero-order chi connectivity index (χ0) is 22.4. The number of hydrogen-bond donors (Lipinski definition) is 2. The SMILES string of the molecule is C[C@@H](NC(=O)COc1ccc(S(=O)(=O)Nc2ccccc2)cc1Cl)c1ccc(Br)cc1. The van der Waals surface area contributed by atoms with Crippen LogP contribution in [0.15, 0.2) is 82.2 Å². The van der Waals surface area contributed by atoms with Crippen LogP contribution < -0.4 is 14.8 Å². The third kappa shape index (κ3) is 6.46. The van der Waals surface area contributed by atoms with E-state index in [0.717, 1.165) is 10.0 Å². The number of ether oxygens (including phenoxy) is 1. The molecular formula is C22H20BrClN2O4S. The molecule has 3 aromatic rings. The van der Waals surface area contributed by atoms with E-state index >= 15 is 0 Å². The van der Waals surface area contributed by atoms with Gasteiger partial charge in [0.2, 0.25) is 0 Å². The molecule has 1 atom stereocenters. The van der Waals surface area contributed by atoms with Crippen molar-refractivity contribution in [3.8, 4) is 5.75 Å². The number of halogens is 2. The summed E-state index contributed by atoms with van der Waals surface area (Å²) in [5, 5.41) is 2.93. The lowest BCUT2D eigenvalue weighted by Crippen LogP contribution is -2.31. The summed E-state index contributed by atoms with van der Waals surface area (Å²) in [6, 6.07) is 20.0. The Bertz CT molecular complexity index is 1160. The Kier molecular flexibility index (Phi) is 7.59. The largest absolute Gasteiger partial charge is 0.482 e. The Balaban J connectivity index is 1.60. The van der Waals surface area contributed by atoms with Gasteiger partial charge in [-0.15, -0.1) is 0 Å². The molecule has 0 saturated carbocycles. The van der Waals surface area contributed by atoms with E-state index in [1.54, 1.807) is 30.3 Å². The summed E-state index contributed by atoms with van der Waals surface area (Å²) in [5.74, 6) is -0.110. The predicted octanol–water partition coefficient (Wildman–Crippen LogP) is 5.16. The minimum atomic E-state index is -3.81. The quantitative estimate of drug-likeness (QED) is 0.427. The molecule has 0 aliphatic rings. The van der Waals surface area contributed by atoms with Crippen LogP contribution in [0.2, 0.25) is 5.02 Å². The molecule has 0 bridgehead atoms. The van der Waals surface area contributed by atoms with Crippen molar-refractivity contribution >= 4 is 49.1 Å². The fourth-order valence-corrected chi connectivity index (χ4v) is 4.40. The molecule has 2 N–H and O–H groups in total. The standard InChI is InChI=1S/C22H20BrClN2O4S/c1-15(16-7-9-17(23)10-8-16)25-22(27)14-30-21-12-11-19(13-20(21)24)31(28,29)26-18-5-3-2-4-6-18/h2-13,15,26H,14H2,1H3,(H,25,27)/t15-/m1/s1. The van der Waals surface area contributed by atoms with Gasteiger partial charge in [-0.1, -0.05) is 57.9 Å². The van der Waals surface area contributed by atoms with Gasteiger partial charge >= 0.3 is 0 Å². The van der Waals surface area contributed by atoms with Crippen molar-refractivity contribution in [3.05, 3.63) is 87.9 Å². The van der Waals surface area contributed by atoms with E-state index in [4.69, 9.17) is 16.3 Å². The first-order chi connectivity index (χ1) is 14.7. The van der Waals surface area contributed by atoms with Gasteiger partial charge < -0.3 is 10.1 Å². The number of carbonyl (C=O) groups excluding carboxylic acids is 1. The van der Waals surface area contributed by atoms with E-state index in [0.29, 0.717) is 5.69 Å². The zero-order valence-corrected chi connectivity index (χ0v) is 19.7. The van der Waals surface area contributed by atoms with E-state index in [1.807, 2.05) is 31.2 Å². The Labute approximate surface area is 194 Å². The maximum atomic E-state index is 12.5. The van der Waals surface area contributed by atoms with Gasteiger partial charge in [0.15, 0.2) is 6.61 Å². The molecule has 0 aromatic heterocycles. The molecule has 0 saturated heterocycles. The topological polar surface area (TPSA) is 84.5 Å². The lowest BCUT2D eigenvalue weighted by atomic mass is 10.1. The van der Waals surface area contributed by atoms with E-state index in [1.165, 1.54) is 18.2 Å². The molecule has 1 amide bonds. The third-order valence-corrected chi connectivity index (χ3v) is 6.55. The summed E-state index contributed by atoms with van der Waals surface area (Å²) < 4.78 is 34.0. The first-order valence-electron chi connectivity index (χ1n) is 9.29. The maximum Gasteiger partial charge on any atom is 0.261 e. The molecule has 6 nitrogen and oxygen atoms in total. The second kappa shape index (κ2) is 10.2. The van der Waals surface area contributed by atoms with Crippen molar-refractivity contribution < 1.29 is 17.9 Å². The van der Waals surface area contributed by atoms with Gasteiger partial charge in [0.25, 0.3) is 15.9 Å². The minimum Gasteiger partial charge on any atom is -0.482 e. The van der Waals surface area contributed by atoms with Crippen molar-refractivity contribution in [2.75, 3.05) is 11.3 Å². The molecule has 0 radical (unpaired) electrons. The van der Waals surface area contributed by atoms with Crippen LogP contribution in [0.3, 0.4) is 0 Å². The number of rotatable bonds is 8. The van der Waals surface area contributed by atoms with Gasteiger partial charge in [0.05, 0.1) is 16.0 Å². The second-order valence-corrected chi connectivity index (χ2v) is 9.70. The highest BCUT2D eigenvalue weighted by molar-refractivity contribution is 9.10. The van der Waals surface area contributed by atoms with E-state index in [9.17, 15) is 13.2 Å². The van der Waals surface area contributed by atoms with Gasteiger partial charge in [0, 0.05) is 10.2 Å². The Morgan fingerprint density at radius 3 is 2.39 bits per heavy atom. The van der Waals surface area contributed by atoms with Crippen molar-refractivity contribution in [3.63, 3.8) is 0 Å². The van der Waals surface area contributed by atoms with Crippen LogP contribution in [0.25, 0.3) is 0 Å². The smallest absolute Gasteiger partial charge is 0.261 e. The molecule has 0 spiro atoms. The van der Waals surface area contributed by atoms with Crippen LogP contribution >= 0.6 is 27.5 Å². The maximum absolute atomic E-state index is 12.5. The molecule has 0 aliphatic carbocycles. The summed E-state index contributed by atoms with van der Waals surface area (Å²) >= 11 is 9.56. The van der Waals surface area contributed by atoms with Crippen LogP contribution in [0.5, 0.6) is 5.75 Å². The molecule has 31 heavy (non-hydrogen) atoms. The first kappa shape index (κ1) is 23.1. The number of hydrogen-bond acceptors (Lipinski definition) is 4. The van der Waals surface area contributed by atoms with Gasteiger partial charge in [-0.25, -0.2) is 8.42 Å². The highest BCUT2D eigenvalue weighted by Crippen LogP contribution is 2.28. The third-order valence-electron chi connectivity index (χ3n) is 4.35. The number of anilines is 1. The molecule has 3 rings (SSSR count). The summed E-state index contributed by atoms with van der Waals surface area (Å²) in [6.45, 7) is 1.61. The lowest BCUT2D eigenvalue weighted by Gasteiger charge is -2.15. The Hall–Kier alpha value is -2.55. The van der Waals surface area contributed by atoms with Crippen LogP contribution in [-0.4, -0.2) is 20.9 Å². The van der Waals surface area contributed by atoms with E-state index < -0.39 is 10.0 Å². The molecule has 0 unspecified atom stereocenters. The molecular weight excluding hydrogens is 504 g/mol. The average molecular weight is 524 g/mol. The highest BCUT2D eigenvalue weighted by Gasteiger charge is 2.17. The van der Waals surface area contributed by atoms with Crippen LogP contribution in [-0.2, 0) is 14.8 Å². The fourth-order valence-electron chi connectivity index (χ4n) is 2.75. The number of nitrogens with one attached hydrogen (secondary N) is 2. The number of benzene rings is 3. The Morgan fingerprint density at radius 2 is 1.74 bits per heavy atom. The number of carbonyl (C=O) groups is 1. The summed E-state index contributed by atoms with van der Waals surface area (Å²) in [6.07, 6.45) is 0.